The lowest BCUT2D eigenvalue weighted by atomic mass is 9.93. The topological polar surface area (TPSA) is 46.2 Å². The van der Waals surface area contributed by atoms with E-state index in [2.05, 4.69) is 17.5 Å². The smallest absolute Gasteiger partial charge is 0.180 e. The second-order valence-corrected chi connectivity index (χ2v) is 8.07. The summed E-state index contributed by atoms with van der Waals surface area (Å²) >= 11 is 0. The number of fused-ring (bicyclic) bond motifs is 2. The van der Waals surface area contributed by atoms with E-state index < -0.39 is 9.84 Å². The van der Waals surface area contributed by atoms with Crippen LogP contribution in [-0.2, 0) is 9.84 Å². The summed E-state index contributed by atoms with van der Waals surface area (Å²) < 4.78 is 24.2. The number of rotatable bonds is 5. The number of hydrogen-bond acceptors (Lipinski definition) is 3. The molecule has 0 amide bonds. The summed E-state index contributed by atoms with van der Waals surface area (Å²) in [6.07, 6.45) is 7.17. The maximum atomic E-state index is 12.1. The van der Waals surface area contributed by atoms with Gasteiger partial charge in [-0.1, -0.05) is 31.2 Å². The molecule has 1 N–H and O–H groups in total. The molecule has 2 bridgehead atoms. The van der Waals surface area contributed by atoms with Gasteiger partial charge in [-0.3, -0.25) is 0 Å². The monoisotopic (exact) mass is 291 g/mol. The molecule has 1 aromatic carbocycles. The molecule has 0 aromatic heterocycles. The summed E-state index contributed by atoms with van der Waals surface area (Å²) in [7, 11) is -3.16. The van der Waals surface area contributed by atoms with E-state index in [1.54, 1.807) is 19.1 Å². The molecule has 1 saturated carbocycles. The molecular formula is C16H21NO2S. The van der Waals surface area contributed by atoms with Gasteiger partial charge in [-0.15, -0.1) is 0 Å². The zero-order chi connectivity index (χ0) is 14.2. The van der Waals surface area contributed by atoms with Crippen molar-refractivity contribution in [3.05, 3.63) is 36.4 Å². The second kappa shape index (κ2) is 5.24. The van der Waals surface area contributed by atoms with E-state index in [1.165, 1.54) is 12.8 Å². The fourth-order valence-corrected chi connectivity index (χ4v) is 4.48. The van der Waals surface area contributed by atoms with Gasteiger partial charge in [0.2, 0.25) is 0 Å². The third kappa shape index (κ3) is 2.49. The first-order valence-corrected chi connectivity index (χ1v) is 8.99. The van der Waals surface area contributed by atoms with Crippen LogP contribution in [0.4, 0.5) is 5.69 Å². The Labute approximate surface area is 121 Å². The van der Waals surface area contributed by atoms with Crippen molar-refractivity contribution in [3.63, 3.8) is 0 Å². The first-order valence-electron chi connectivity index (χ1n) is 7.34. The van der Waals surface area contributed by atoms with E-state index in [0.29, 0.717) is 16.7 Å². The Kier molecular flexibility index (Phi) is 3.59. The van der Waals surface area contributed by atoms with Gasteiger partial charge in [0.25, 0.3) is 0 Å². The summed E-state index contributed by atoms with van der Waals surface area (Å²) in [6.45, 7) is 2.55. The lowest BCUT2D eigenvalue weighted by Gasteiger charge is -2.20. The Morgan fingerprint density at radius 3 is 2.65 bits per heavy atom. The van der Waals surface area contributed by atoms with E-state index in [-0.39, 0.29) is 5.75 Å². The van der Waals surface area contributed by atoms with Crippen molar-refractivity contribution in [2.75, 3.05) is 17.6 Å². The van der Waals surface area contributed by atoms with Crippen LogP contribution in [0.15, 0.2) is 41.3 Å². The highest BCUT2D eigenvalue weighted by atomic mass is 32.2. The molecule has 0 spiro atoms. The van der Waals surface area contributed by atoms with Gasteiger partial charge in [0.05, 0.1) is 16.3 Å². The Balaban J connectivity index is 1.73. The van der Waals surface area contributed by atoms with Crippen molar-refractivity contribution >= 4 is 15.5 Å². The Morgan fingerprint density at radius 2 is 2.00 bits per heavy atom. The van der Waals surface area contributed by atoms with Crippen molar-refractivity contribution in [2.45, 2.75) is 24.7 Å². The highest BCUT2D eigenvalue weighted by Gasteiger charge is 2.35. The van der Waals surface area contributed by atoms with Gasteiger partial charge in [0.15, 0.2) is 9.84 Å². The minimum absolute atomic E-state index is 0.141. The van der Waals surface area contributed by atoms with Gasteiger partial charge in [-0.25, -0.2) is 8.42 Å². The van der Waals surface area contributed by atoms with Gasteiger partial charge in [0, 0.05) is 6.54 Å². The van der Waals surface area contributed by atoms with Gasteiger partial charge >= 0.3 is 0 Å². The van der Waals surface area contributed by atoms with Crippen LogP contribution in [0.5, 0.6) is 0 Å². The van der Waals surface area contributed by atoms with Crippen LogP contribution in [0.25, 0.3) is 0 Å². The largest absolute Gasteiger partial charge is 0.384 e. The molecule has 0 heterocycles. The summed E-state index contributed by atoms with van der Waals surface area (Å²) in [5.74, 6) is 2.22. The first kappa shape index (κ1) is 13.7. The average Bonchev–Trinajstić information content (AvgIpc) is 3.08. The molecular weight excluding hydrogens is 270 g/mol. The van der Waals surface area contributed by atoms with E-state index >= 15 is 0 Å². The fraction of sp³-hybridized carbons (Fsp3) is 0.500. The van der Waals surface area contributed by atoms with Crippen LogP contribution in [0.2, 0.25) is 0 Å². The van der Waals surface area contributed by atoms with Crippen molar-refractivity contribution < 1.29 is 8.42 Å². The van der Waals surface area contributed by atoms with Crippen LogP contribution < -0.4 is 5.32 Å². The van der Waals surface area contributed by atoms with Crippen LogP contribution in [-0.4, -0.2) is 20.7 Å². The van der Waals surface area contributed by atoms with Crippen molar-refractivity contribution in [2.24, 2.45) is 17.8 Å². The zero-order valence-electron chi connectivity index (χ0n) is 11.7. The summed E-state index contributed by atoms with van der Waals surface area (Å²) in [4.78, 5) is 0.432. The standard InChI is InChI=1S/C16H21NO2S/c1-2-20(18,19)16-6-4-3-5-15(16)17-11-14-10-12-7-8-13(14)9-12/h3-8,12-14,17H,2,9-11H2,1H3. The van der Waals surface area contributed by atoms with Crippen molar-refractivity contribution in [1.29, 1.82) is 0 Å². The number of benzene rings is 1. The molecule has 0 aliphatic heterocycles. The third-order valence-corrected chi connectivity index (χ3v) is 6.36. The number of para-hydroxylation sites is 1. The van der Waals surface area contributed by atoms with Gasteiger partial charge < -0.3 is 5.32 Å². The molecule has 4 heteroatoms. The molecule has 0 radical (unpaired) electrons. The maximum Gasteiger partial charge on any atom is 0.180 e. The molecule has 0 saturated heterocycles. The Hall–Kier alpha value is -1.29. The van der Waals surface area contributed by atoms with Crippen LogP contribution in [0.1, 0.15) is 19.8 Å². The van der Waals surface area contributed by atoms with Gasteiger partial charge in [-0.05, 0) is 42.7 Å². The zero-order valence-corrected chi connectivity index (χ0v) is 12.6. The fourth-order valence-electron chi connectivity index (χ4n) is 3.41. The maximum absolute atomic E-state index is 12.1. The molecule has 108 valence electrons. The molecule has 2 aliphatic rings. The number of anilines is 1. The average molecular weight is 291 g/mol. The highest BCUT2D eigenvalue weighted by Crippen LogP contribution is 2.43. The van der Waals surface area contributed by atoms with Crippen LogP contribution >= 0.6 is 0 Å². The summed E-state index contributed by atoms with van der Waals surface area (Å²) in [5, 5.41) is 3.37. The molecule has 3 rings (SSSR count). The Morgan fingerprint density at radius 1 is 1.20 bits per heavy atom. The van der Waals surface area contributed by atoms with Crippen LogP contribution in [0.3, 0.4) is 0 Å². The lowest BCUT2D eigenvalue weighted by molar-refractivity contribution is 0.471. The summed E-state index contributed by atoms with van der Waals surface area (Å²) in [5.41, 5.74) is 0.751. The predicted molar refractivity (Wildman–Crippen MR) is 81.5 cm³/mol. The number of allylic oxidation sites excluding steroid dienone is 2. The normalized spacial score (nSPS) is 27.9. The highest BCUT2D eigenvalue weighted by molar-refractivity contribution is 7.91. The third-order valence-electron chi connectivity index (χ3n) is 4.57. The van der Waals surface area contributed by atoms with E-state index in [9.17, 15) is 8.42 Å². The number of hydrogen-bond donors (Lipinski definition) is 1. The molecule has 3 atom stereocenters. The lowest BCUT2D eigenvalue weighted by Crippen LogP contribution is -2.19. The van der Waals surface area contributed by atoms with Crippen LogP contribution in [0, 0.1) is 17.8 Å². The van der Waals surface area contributed by atoms with Gasteiger partial charge in [0.1, 0.15) is 0 Å². The van der Waals surface area contributed by atoms with E-state index in [0.717, 1.165) is 18.2 Å². The molecule has 3 nitrogen and oxygen atoms in total. The second-order valence-electron chi connectivity index (χ2n) is 5.82. The molecule has 20 heavy (non-hydrogen) atoms. The quantitative estimate of drug-likeness (QED) is 0.848. The first-order chi connectivity index (χ1) is 9.60. The minimum atomic E-state index is -3.16. The summed E-state index contributed by atoms with van der Waals surface area (Å²) in [6, 6.07) is 7.24. The van der Waals surface area contributed by atoms with Crippen molar-refractivity contribution in [3.8, 4) is 0 Å². The van der Waals surface area contributed by atoms with E-state index in [1.807, 2.05) is 12.1 Å². The van der Waals surface area contributed by atoms with Gasteiger partial charge in [-0.2, -0.15) is 0 Å². The minimum Gasteiger partial charge on any atom is -0.384 e. The SMILES string of the molecule is CCS(=O)(=O)c1ccccc1NCC1CC2C=CC1C2. The Bertz CT molecular complexity index is 621. The molecule has 1 fully saturated rings. The van der Waals surface area contributed by atoms with Crippen molar-refractivity contribution in [1.82, 2.24) is 0 Å². The molecule has 1 aromatic rings. The molecule has 3 unspecified atom stereocenters. The predicted octanol–water partition coefficient (Wildman–Crippen LogP) is 3.10. The molecule has 2 aliphatic carbocycles. The number of nitrogens with one attached hydrogen (secondary N) is 1. The van der Waals surface area contributed by atoms with E-state index in [4.69, 9.17) is 0 Å². The number of sulfone groups is 1.